The first-order valence-electron chi connectivity index (χ1n) is 20.8. The highest BCUT2D eigenvalue weighted by molar-refractivity contribution is 7.14. The van der Waals surface area contributed by atoms with E-state index in [0.29, 0.717) is 18.2 Å². The third-order valence-corrected chi connectivity index (χ3v) is 10.2. The number of benzene rings is 1. The standard InChI is InChI=1S/C19H25N3O2S.C13H18O.C8H18.3C2H6/c1-12(15-11-22(3)19(24)13(2)21-15)8-9-20-18(23)17-10-14-6-4-5-7-16(14)25-17;1-9(2)12-5-7-13(8-6-12)10(3)11(4)14;1-4-5-6-7-8(2)3;3*1-2/h10-12H,4-9H2,1-3H3,(H,20,23);5-10H,1-4H3;8H,4-7H2,1-3H3;3*1-2H3. The van der Waals surface area contributed by atoms with Gasteiger partial charge in [0.25, 0.3) is 11.5 Å². The van der Waals surface area contributed by atoms with Gasteiger partial charge in [0.05, 0.1) is 10.6 Å². The first-order chi connectivity index (χ1) is 25.2. The van der Waals surface area contributed by atoms with Gasteiger partial charge >= 0.3 is 0 Å². The molecule has 1 aliphatic rings. The second-order valence-electron chi connectivity index (χ2n) is 13.9. The van der Waals surface area contributed by atoms with Crippen molar-refractivity contribution in [1.82, 2.24) is 14.9 Å². The van der Waals surface area contributed by atoms with Crippen LogP contribution in [0.2, 0.25) is 0 Å². The molecule has 1 N–H and O–H groups in total. The Kier molecular flexibility index (Phi) is 29.7. The number of Topliss-reactive ketones (excluding diaryl/α,β-unsaturated/α-hetero) is 1. The van der Waals surface area contributed by atoms with Crippen molar-refractivity contribution in [2.24, 2.45) is 13.0 Å². The summed E-state index contributed by atoms with van der Waals surface area (Å²) in [6, 6.07) is 10.4. The minimum atomic E-state index is -0.0640. The average molecular weight is 754 g/mol. The molecule has 1 aromatic carbocycles. The number of carbonyl (C=O) groups excluding carboxylic acids is 2. The van der Waals surface area contributed by atoms with Crippen molar-refractivity contribution in [3.63, 3.8) is 0 Å². The van der Waals surface area contributed by atoms with Gasteiger partial charge in [-0.2, -0.15) is 0 Å². The summed E-state index contributed by atoms with van der Waals surface area (Å²) in [7, 11) is 1.74. The molecule has 0 saturated heterocycles. The van der Waals surface area contributed by atoms with E-state index in [2.05, 4.69) is 82.2 Å². The minimum Gasteiger partial charge on any atom is -0.351 e. The van der Waals surface area contributed by atoms with Crippen molar-refractivity contribution < 1.29 is 9.59 Å². The van der Waals surface area contributed by atoms with Crippen LogP contribution < -0.4 is 10.9 Å². The summed E-state index contributed by atoms with van der Waals surface area (Å²) < 4.78 is 1.57. The van der Waals surface area contributed by atoms with Gasteiger partial charge < -0.3 is 9.88 Å². The van der Waals surface area contributed by atoms with Crippen molar-refractivity contribution in [3.05, 3.63) is 84.7 Å². The van der Waals surface area contributed by atoms with Crippen LogP contribution >= 0.6 is 11.3 Å². The van der Waals surface area contributed by atoms with Crippen LogP contribution in [-0.2, 0) is 24.7 Å². The van der Waals surface area contributed by atoms with Crippen LogP contribution in [0.5, 0.6) is 0 Å². The number of hydrogen-bond donors (Lipinski definition) is 1. The SMILES string of the molecule is CC.CC.CC.CC(=O)C(C)c1ccc(C(C)C)cc1.CCCCCC(C)C.Cc1nc(C(C)CCNC(=O)c2cc3c(s2)CCCC3)cn(C)c1=O. The summed E-state index contributed by atoms with van der Waals surface area (Å²) in [5.41, 5.74) is 5.14. The predicted molar refractivity (Wildman–Crippen MR) is 233 cm³/mol. The number of rotatable bonds is 12. The van der Waals surface area contributed by atoms with Crippen LogP contribution in [0.3, 0.4) is 0 Å². The van der Waals surface area contributed by atoms with Crippen LogP contribution in [0.1, 0.15) is 202 Å². The number of carbonyl (C=O) groups is 2. The van der Waals surface area contributed by atoms with E-state index in [9.17, 15) is 14.4 Å². The number of nitrogens with one attached hydrogen (secondary N) is 1. The zero-order valence-corrected chi connectivity index (χ0v) is 37.7. The van der Waals surface area contributed by atoms with Crippen LogP contribution in [0.15, 0.2) is 41.3 Å². The van der Waals surface area contributed by atoms with Crippen molar-refractivity contribution in [1.29, 1.82) is 0 Å². The van der Waals surface area contributed by atoms with Crippen molar-refractivity contribution >= 4 is 23.0 Å². The van der Waals surface area contributed by atoms with Crippen molar-refractivity contribution in [3.8, 4) is 0 Å². The van der Waals surface area contributed by atoms with Gasteiger partial charge in [0.2, 0.25) is 0 Å². The van der Waals surface area contributed by atoms with Gasteiger partial charge in [0.1, 0.15) is 11.5 Å². The molecule has 0 bridgehead atoms. The number of fused-ring (bicyclic) bond motifs is 1. The number of hydrogen-bond acceptors (Lipinski definition) is 5. The van der Waals surface area contributed by atoms with E-state index in [0.717, 1.165) is 41.3 Å². The van der Waals surface area contributed by atoms with Gasteiger partial charge in [0.15, 0.2) is 0 Å². The molecule has 0 aliphatic heterocycles. The van der Waals surface area contributed by atoms with E-state index < -0.39 is 0 Å². The van der Waals surface area contributed by atoms with Crippen LogP contribution in [-0.4, -0.2) is 27.8 Å². The molecule has 302 valence electrons. The van der Waals surface area contributed by atoms with E-state index in [1.165, 1.54) is 54.5 Å². The van der Waals surface area contributed by atoms with Gasteiger partial charge in [0, 0.05) is 36.5 Å². The maximum absolute atomic E-state index is 12.4. The number of amides is 1. The summed E-state index contributed by atoms with van der Waals surface area (Å²) >= 11 is 1.64. The maximum atomic E-state index is 12.4. The lowest BCUT2D eigenvalue weighted by Gasteiger charge is -2.13. The molecule has 2 atom stereocenters. The fourth-order valence-corrected chi connectivity index (χ4v) is 6.64. The fourth-order valence-electron chi connectivity index (χ4n) is 5.47. The van der Waals surface area contributed by atoms with Crippen LogP contribution in [0, 0.1) is 12.8 Å². The Morgan fingerprint density at radius 2 is 1.43 bits per heavy atom. The molecule has 7 heteroatoms. The maximum Gasteiger partial charge on any atom is 0.271 e. The minimum absolute atomic E-state index is 0.0243. The lowest BCUT2D eigenvalue weighted by atomic mass is 9.94. The Morgan fingerprint density at radius 3 is 1.92 bits per heavy atom. The molecule has 2 aromatic heterocycles. The Balaban J connectivity index is 0. The molecule has 2 heterocycles. The van der Waals surface area contributed by atoms with E-state index in [1.807, 2.05) is 48.5 Å². The Bertz CT molecular complexity index is 1400. The van der Waals surface area contributed by atoms with E-state index in [1.54, 1.807) is 43.0 Å². The molecule has 6 nitrogen and oxygen atoms in total. The number of ketones is 1. The van der Waals surface area contributed by atoms with Gasteiger partial charge in [-0.25, -0.2) is 0 Å². The van der Waals surface area contributed by atoms with Crippen molar-refractivity contribution in [2.75, 3.05) is 6.54 Å². The first-order valence-corrected chi connectivity index (χ1v) is 21.6. The first kappa shape index (κ1) is 52.0. The third-order valence-electron chi connectivity index (χ3n) is 8.94. The highest BCUT2D eigenvalue weighted by atomic mass is 32.1. The van der Waals surface area contributed by atoms with Crippen LogP contribution in [0.4, 0.5) is 0 Å². The molecule has 0 spiro atoms. The molecule has 53 heavy (non-hydrogen) atoms. The second kappa shape index (κ2) is 30.3. The summed E-state index contributed by atoms with van der Waals surface area (Å²) in [5.74, 6) is 1.91. The molecular weight excluding hydrogens is 675 g/mol. The lowest BCUT2D eigenvalue weighted by Crippen LogP contribution is -2.26. The Labute approximate surface area is 330 Å². The number of aryl methyl sites for hydroxylation is 4. The molecule has 4 rings (SSSR count). The molecule has 2 unspecified atom stereocenters. The van der Waals surface area contributed by atoms with E-state index in [-0.39, 0.29) is 29.1 Å². The number of thiophene rings is 1. The molecule has 1 aliphatic carbocycles. The Morgan fingerprint density at radius 1 is 0.868 bits per heavy atom. The molecular formula is C46H79N3O3S. The number of nitrogens with zero attached hydrogens (tertiary/aromatic N) is 2. The van der Waals surface area contributed by atoms with Crippen LogP contribution in [0.25, 0.3) is 0 Å². The predicted octanol–water partition coefficient (Wildman–Crippen LogP) is 12.8. The van der Waals surface area contributed by atoms with Gasteiger partial charge in [-0.05, 0) is 80.5 Å². The number of unbranched alkanes of at least 4 members (excludes halogenated alkanes) is 2. The van der Waals surface area contributed by atoms with Gasteiger partial charge in [-0.1, -0.05) is 140 Å². The largest absolute Gasteiger partial charge is 0.351 e. The van der Waals surface area contributed by atoms with Gasteiger partial charge in [-0.15, -0.1) is 11.3 Å². The average Bonchev–Trinajstić information content (AvgIpc) is 3.61. The molecule has 1 amide bonds. The Hall–Kier alpha value is -3.06. The fraction of sp³-hybridized carbons (Fsp3) is 0.652. The monoisotopic (exact) mass is 754 g/mol. The van der Waals surface area contributed by atoms with Gasteiger partial charge in [-0.3, -0.25) is 19.4 Å². The third kappa shape index (κ3) is 20.3. The lowest BCUT2D eigenvalue weighted by molar-refractivity contribution is -0.118. The quantitative estimate of drug-likeness (QED) is 0.187. The highest BCUT2D eigenvalue weighted by Crippen LogP contribution is 2.29. The molecule has 0 fully saturated rings. The van der Waals surface area contributed by atoms with E-state index >= 15 is 0 Å². The summed E-state index contributed by atoms with van der Waals surface area (Å²) in [6.07, 6.45) is 12.9. The summed E-state index contributed by atoms with van der Waals surface area (Å²) in [5, 5.41) is 3.02. The highest BCUT2D eigenvalue weighted by Gasteiger charge is 2.18. The van der Waals surface area contributed by atoms with E-state index in [4.69, 9.17) is 0 Å². The molecule has 0 saturated carbocycles. The molecule has 0 radical (unpaired) electrons. The zero-order valence-electron chi connectivity index (χ0n) is 36.9. The molecule has 3 aromatic rings. The number of aromatic nitrogens is 2. The topological polar surface area (TPSA) is 81.1 Å². The smallest absolute Gasteiger partial charge is 0.271 e. The second-order valence-corrected chi connectivity index (χ2v) is 15.1. The van der Waals surface area contributed by atoms with Crippen molar-refractivity contribution in [2.45, 2.75) is 179 Å². The zero-order chi connectivity index (χ0) is 41.1. The summed E-state index contributed by atoms with van der Waals surface area (Å²) in [6.45, 7) is 31.2. The normalized spacial score (nSPS) is 12.3. The summed E-state index contributed by atoms with van der Waals surface area (Å²) in [4.78, 5) is 41.9.